The highest BCUT2D eigenvalue weighted by Gasteiger charge is 2.32. The third kappa shape index (κ3) is 5.25. The second-order valence-corrected chi connectivity index (χ2v) is 10.7. The molecule has 32 heavy (non-hydrogen) atoms. The lowest BCUT2D eigenvalue weighted by molar-refractivity contribution is -0.131. The molecule has 1 aliphatic heterocycles. The highest BCUT2D eigenvalue weighted by atomic mass is 35.5. The van der Waals surface area contributed by atoms with E-state index in [-0.39, 0.29) is 49.1 Å². The van der Waals surface area contributed by atoms with Gasteiger partial charge in [0.1, 0.15) is 6.07 Å². The summed E-state index contributed by atoms with van der Waals surface area (Å²) in [5.74, 6) is -0.118. The van der Waals surface area contributed by atoms with E-state index < -0.39 is 15.6 Å². The summed E-state index contributed by atoms with van der Waals surface area (Å²) >= 11 is 12.1. The SMILES string of the molecule is CC(C)(NCC(=O)N1CCN(S(=O)(=O)c2ccccc2C#N)CC1)c1ccc(Cl)c(Cl)c1. The molecular weight excluding hydrogens is 471 g/mol. The number of carbonyl (C=O) groups is 1. The zero-order valence-corrected chi connectivity index (χ0v) is 20.1. The Morgan fingerprint density at radius 3 is 2.38 bits per heavy atom. The Labute approximate surface area is 198 Å². The second kappa shape index (κ2) is 9.77. The standard InChI is InChI=1S/C22H24Cl2N4O3S/c1-22(2,17-7-8-18(23)19(24)13-17)26-15-21(29)27-9-11-28(12-10-27)32(30,31)20-6-4-3-5-16(20)14-25/h3-8,13,26H,9-12,15H2,1-2H3. The molecule has 2 aromatic rings. The van der Waals surface area contributed by atoms with Crippen LogP contribution in [0.25, 0.3) is 0 Å². The van der Waals surface area contributed by atoms with Gasteiger partial charge in [0, 0.05) is 31.7 Å². The molecule has 0 radical (unpaired) electrons. The van der Waals surface area contributed by atoms with Crippen LogP contribution in [-0.4, -0.2) is 56.3 Å². The molecule has 1 N–H and O–H groups in total. The minimum absolute atomic E-state index is 0.00711. The number of nitrogens with one attached hydrogen (secondary N) is 1. The van der Waals surface area contributed by atoms with Crippen molar-refractivity contribution in [3.05, 3.63) is 63.6 Å². The lowest BCUT2D eigenvalue weighted by Gasteiger charge is -2.35. The van der Waals surface area contributed by atoms with Crippen LogP contribution in [0.5, 0.6) is 0 Å². The smallest absolute Gasteiger partial charge is 0.244 e. The number of nitrogens with zero attached hydrogens (tertiary/aromatic N) is 3. The minimum Gasteiger partial charge on any atom is -0.339 e. The van der Waals surface area contributed by atoms with E-state index in [0.29, 0.717) is 10.0 Å². The van der Waals surface area contributed by atoms with Crippen molar-refractivity contribution in [1.29, 1.82) is 5.26 Å². The number of carbonyl (C=O) groups excluding carboxylic acids is 1. The Morgan fingerprint density at radius 2 is 1.75 bits per heavy atom. The van der Waals surface area contributed by atoms with Gasteiger partial charge in [-0.2, -0.15) is 9.57 Å². The predicted octanol–water partition coefficient (Wildman–Crippen LogP) is 3.22. The molecule has 2 aromatic carbocycles. The van der Waals surface area contributed by atoms with Gasteiger partial charge in [-0.05, 0) is 43.7 Å². The molecule has 3 rings (SSSR count). The van der Waals surface area contributed by atoms with Crippen molar-refractivity contribution in [2.75, 3.05) is 32.7 Å². The van der Waals surface area contributed by atoms with E-state index in [1.165, 1.54) is 16.4 Å². The Hall–Kier alpha value is -2.15. The zero-order chi connectivity index (χ0) is 23.5. The number of benzene rings is 2. The number of sulfonamides is 1. The number of rotatable bonds is 6. The quantitative estimate of drug-likeness (QED) is 0.665. The molecule has 1 amide bonds. The molecule has 0 aliphatic carbocycles. The van der Waals surface area contributed by atoms with Crippen LogP contribution in [0.2, 0.25) is 10.0 Å². The molecule has 0 spiro atoms. The molecule has 1 saturated heterocycles. The lowest BCUT2D eigenvalue weighted by atomic mass is 9.94. The number of hydrogen-bond acceptors (Lipinski definition) is 5. The summed E-state index contributed by atoms with van der Waals surface area (Å²) in [6.07, 6.45) is 0. The monoisotopic (exact) mass is 494 g/mol. The number of hydrogen-bond donors (Lipinski definition) is 1. The maximum absolute atomic E-state index is 12.9. The van der Waals surface area contributed by atoms with Crippen LogP contribution in [0.4, 0.5) is 0 Å². The first-order valence-corrected chi connectivity index (χ1v) is 12.2. The Balaban J connectivity index is 1.60. The summed E-state index contributed by atoms with van der Waals surface area (Å²) in [5, 5.41) is 13.4. The number of amides is 1. The van der Waals surface area contributed by atoms with Gasteiger partial charge in [-0.15, -0.1) is 0 Å². The van der Waals surface area contributed by atoms with Gasteiger partial charge in [-0.1, -0.05) is 41.4 Å². The first-order chi connectivity index (χ1) is 15.1. The van der Waals surface area contributed by atoms with Crippen LogP contribution in [0, 0.1) is 11.3 Å². The molecule has 7 nitrogen and oxygen atoms in total. The van der Waals surface area contributed by atoms with Crippen molar-refractivity contribution in [3.8, 4) is 6.07 Å². The summed E-state index contributed by atoms with van der Waals surface area (Å²) < 4.78 is 27.2. The van der Waals surface area contributed by atoms with Crippen LogP contribution >= 0.6 is 23.2 Å². The van der Waals surface area contributed by atoms with Gasteiger partial charge in [0.25, 0.3) is 0 Å². The van der Waals surface area contributed by atoms with Gasteiger partial charge < -0.3 is 4.90 Å². The largest absolute Gasteiger partial charge is 0.339 e. The Morgan fingerprint density at radius 1 is 1.09 bits per heavy atom. The minimum atomic E-state index is -3.80. The van der Waals surface area contributed by atoms with Crippen LogP contribution in [0.3, 0.4) is 0 Å². The summed E-state index contributed by atoms with van der Waals surface area (Å²) in [6, 6.07) is 13.4. The molecule has 0 atom stereocenters. The van der Waals surface area contributed by atoms with Crippen molar-refractivity contribution in [2.24, 2.45) is 0 Å². The van der Waals surface area contributed by atoms with Crippen LogP contribution in [0.1, 0.15) is 25.0 Å². The molecule has 0 unspecified atom stereocenters. The highest BCUT2D eigenvalue weighted by molar-refractivity contribution is 7.89. The summed E-state index contributed by atoms with van der Waals surface area (Å²) in [4.78, 5) is 14.4. The van der Waals surface area contributed by atoms with E-state index in [4.69, 9.17) is 23.2 Å². The van der Waals surface area contributed by atoms with Crippen molar-refractivity contribution < 1.29 is 13.2 Å². The van der Waals surface area contributed by atoms with E-state index in [1.54, 1.807) is 29.2 Å². The van der Waals surface area contributed by atoms with Crippen LogP contribution < -0.4 is 5.32 Å². The van der Waals surface area contributed by atoms with E-state index >= 15 is 0 Å². The van der Waals surface area contributed by atoms with Crippen molar-refractivity contribution in [1.82, 2.24) is 14.5 Å². The van der Waals surface area contributed by atoms with E-state index in [2.05, 4.69) is 5.32 Å². The summed E-state index contributed by atoms with van der Waals surface area (Å²) in [7, 11) is -3.80. The van der Waals surface area contributed by atoms with Gasteiger partial charge in [0.2, 0.25) is 15.9 Å². The topological polar surface area (TPSA) is 93.5 Å². The maximum atomic E-state index is 12.9. The van der Waals surface area contributed by atoms with Crippen LogP contribution in [-0.2, 0) is 20.4 Å². The van der Waals surface area contributed by atoms with E-state index in [9.17, 15) is 18.5 Å². The third-order valence-corrected chi connectivity index (χ3v) is 8.24. The zero-order valence-electron chi connectivity index (χ0n) is 17.8. The van der Waals surface area contributed by atoms with Crippen molar-refractivity contribution in [2.45, 2.75) is 24.3 Å². The normalized spacial score (nSPS) is 15.4. The molecule has 170 valence electrons. The first kappa shape index (κ1) is 24.5. The average molecular weight is 495 g/mol. The molecule has 1 aliphatic rings. The molecule has 0 saturated carbocycles. The molecule has 0 bridgehead atoms. The lowest BCUT2D eigenvalue weighted by Crippen LogP contribution is -2.53. The molecule has 0 aromatic heterocycles. The van der Waals surface area contributed by atoms with Crippen molar-refractivity contribution in [3.63, 3.8) is 0 Å². The highest BCUT2D eigenvalue weighted by Crippen LogP contribution is 2.28. The number of piperazine rings is 1. The fourth-order valence-electron chi connectivity index (χ4n) is 3.50. The molecular formula is C22H24Cl2N4O3S. The Kier molecular flexibility index (Phi) is 7.48. The molecule has 10 heteroatoms. The fourth-order valence-corrected chi connectivity index (χ4v) is 5.36. The van der Waals surface area contributed by atoms with E-state index in [0.717, 1.165) is 5.56 Å². The van der Waals surface area contributed by atoms with Gasteiger partial charge in [0.05, 0.1) is 27.0 Å². The first-order valence-electron chi connectivity index (χ1n) is 10.0. The van der Waals surface area contributed by atoms with Gasteiger partial charge in [0.15, 0.2) is 0 Å². The number of halogens is 2. The van der Waals surface area contributed by atoms with Gasteiger partial charge in [-0.25, -0.2) is 8.42 Å². The summed E-state index contributed by atoms with van der Waals surface area (Å²) in [6.45, 7) is 4.88. The Bertz CT molecular complexity index is 1150. The van der Waals surface area contributed by atoms with Crippen molar-refractivity contribution >= 4 is 39.1 Å². The maximum Gasteiger partial charge on any atom is 0.244 e. The summed E-state index contributed by atoms with van der Waals surface area (Å²) in [5.41, 5.74) is 0.488. The van der Waals surface area contributed by atoms with Gasteiger partial charge >= 0.3 is 0 Å². The molecule has 1 heterocycles. The predicted molar refractivity (Wildman–Crippen MR) is 124 cm³/mol. The average Bonchev–Trinajstić information content (AvgIpc) is 2.79. The van der Waals surface area contributed by atoms with Crippen LogP contribution in [0.15, 0.2) is 47.4 Å². The van der Waals surface area contributed by atoms with E-state index in [1.807, 2.05) is 26.0 Å². The number of nitriles is 1. The molecule has 1 fully saturated rings. The van der Waals surface area contributed by atoms with Gasteiger partial charge in [-0.3, -0.25) is 10.1 Å². The fraction of sp³-hybridized carbons (Fsp3) is 0.364. The third-order valence-electron chi connectivity index (χ3n) is 5.54. The second-order valence-electron chi connectivity index (χ2n) is 8.00.